The normalized spacial score (nSPS) is 12.3. The van der Waals surface area contributed by atoms with Crippen molar-refractivity contribution in [1.29, 1.82) is 0 Å². The Morgan fingerprint density at radius 2 is 1.90 bits per heavy atom. The Bertz CT molecular complexity index is 1650. The van der Waals surface area contributed by atoms with Crippen LogP contribution in [0.25, 0.3) is 32.0 Å². The van der Waals surface area contributed by atoms with E-state index in [1.54, 1.807) is 13.0 Å². The first-order valence-corrected chi connectivity index (χ1v) is 10.3. The fourth-order valence-electron chi connectivity index (χ4n) is 3.68. The Labute approximate surface area is 177 Å². The van der Waals surface area contributed by atoms with E-state index in [0.29, 0.717) is 22.2 Å². The van der Waals surface area contributed by atoms with E-state index in [-0.39, 0.29) is 15.9 Å². The van der Waals surface area contributed by atoms with E-state index in [0.717, 1.165) is 28.2 Å². The van der Waals surface area contributed by atoms with Crippen LogP contribution >= 0.6 is 11.3 Å². The summed E-state index contributed by atoms with van der Waals surface area (Å²) in [4.78, 5) is 29.6. The molecule has 3 aromatic carbocycles. The molecule has 2 heterocycles. The number of hydrogen-bond acceptors (Lipinski definition) is 4. The van der Waals surface area contributed by atoms with Gasteiger partial charge in [-0.15, -0.1) is 0 Å². The number of rotatable bonds is 2. The molecule has 1 amide bonds. The maximum atomic E-state index is 14.3. The number of thiazole rings is 1. The predicted octanol–water partition coefficient (Wildman–Crippen LogP) is 5.00. The first-order chi connectivity index (χ1) is 15.0. The number of nitrogens with zero attached hydrogens (tertiary/aromatic N) is 2. The van der Waals surface area contributed by atoms with Crippen LogP contribution in [-0.4, -0.2) is 10.5 Å². The zero-order valence-electron chi connectivity index (χ0n) is 16.2. The molecule has 0 radical (unpaired) electrons. The quantitative estimate of drug-likeness (QED) is 0.289. The third-order valence-corrected chi connectivity index (χ3v) is 6.11. The Kier molecular flexibility index (Phi) is 4.51. The zero-order chi connectivity index (χ0) is 21.7. The third-order valence-electron chi connectivity index (χ3n) is 5.08. The topological polar surface area (TPSA) is 64.6 Å². The monoisotopic (exact) mass is 436 g/mol. The number of carbonyl (C=O) groups is 1. The van der Waals surface area contributed by atoms with E-state index in [9.17, 15) is 18.4 Å². The van der Waals surface area contributed by atoms with Gasteiger partial charge in [-0.05, 0) is 35.9 Å². The lowest BCUT2D eigenvalue weighted by atomic mass is 10.0. The highest BCUT2D eigenvalue weighted by Gasteiger charge is 2.17. The summed E-state index contributed by atoms with van der Waals surface area (Å²) in [6, 6.07) is 14.5. The molecule has 0 aliphatic rings. The number of aryl methyl sites for hydroxylation is 1. The van der Waals surface area contributed by atoms with Crippen molar-refractivity contribution in [3.63, 3.8) is 0 Å². The van der Waals surface area contributed by atoms with Crippen molar-refractivity contribution in [3.05, 3.63) is 87.0 Å². The van der Waals surface area contributed by atoms with E-state index in [1.807, 2.05) is 30.3 Å². The van der Waals surface area contributed by atoms with Gasteiger partial charge in [0.25, 0.3) is 5.91 Å². The minimum atomic E-state index is -0.807. The van der Waals surface area contributed by atoms with E-state index in [1.165, 1.54) is 16.7 Å². The molecule has 2 aromatic heterocycles. The molecular weight excluding hydrogens is 422 g/mol. The van der Waals surface area contributed by atoms with Crippen LogP contribution in [0.5, 0.6) is 0 Å². The second kappa shape index (κ2) is 7.24. The van der Waals surface area contributed by atoms with Gasteiger partial charge in [-0.25, -0.2) is 13.6 Å². The van der Waals surface area contributed by atoms with Gasteiger partial charge in [-0.3, -0.25) is 4.79 Å². The average Bonchev–Trinajstić information content (AvgIpc) is 3.09. The summed E-state index contributed by atoms with van der Waals surface area (Å²) in [6.07, 6.45) is 0. The molecule has 0 spiro atoms. The van der Waals surface area contributed by atoms with Gasteiger partial charge in [-0.1, -0.05) is 41.7 Å². The van der Waals surface area contributed by atoms with Crippen molar-refractivity contribution in [3.8, 4) is 0 Å². The molecule has 0 saturated heterocycles. The molecular formula is C23H14F2N2O3S. The van der Waals surface area contributed by atoms with Crippen LogP contribution in [-0.2, 0) is 6.54 Å². The van der Waals surface area contributed by atoms with Gasteiger partial charge < -0.3 is 8.98 Å². The summed E-state index contributed by atoms with van der Waals surface area (Å²) in [7, 11) is 0. The molecule has 0 fully saturated rings. The lowest BCUT2D eigenvalue weighted by Crippen LogP contribution is -2.19. The summed E-state index contributed by atoms with van der Waals surface area (Å²) in [5.74, 6) is -2.26. The van der Waals surface area contributed by atoms with Gasteiger partial charge in [0.1, 0.15) is 17.0 Å². The fraction of sp³-hybridized carbons (Fsp3) is 0.0870. The lowest BCUT2D eigenvalue weighted by Gasteiger charge is -2.04. The number of halogens is 2. The van der Waals surface area contributed by atoms with Crippen molar-refractivity contribution in [2.24, 2.45) is 4.99 Å². The number of benzene rings is 3. The molecule has 154 valence electrons. The second-order valence-corrected chi connectivity index (χ2v) is 7.94. The van der Waals surface area contributed by atoms with Crippen molar-refractivity contribution in [1.82, 2.24) is 4.57 Å². The molecule has 8 heteroatoms. The first-order valence-electron chi connectivity index (χ1n) is 9.49. The SMILES string of the molecule is CCn1c(=NC(=O)c2cc3c(ccc4ccccc43)oc2=O)sc2cc(F)cc(F)c21. The highest BCUT2D eigenvalue weighted by Crippen LogP contribution is 2.25. The van der Waals surface area contributed by atoms with Gasteiger partial charge in [0.15, 0.2) is 10.6 Å². The molecule has 0 aliphatic carbocycles. The smallest absolute Gasteiger partial charge is 0.349 e. The Hall–Kier alpha value is -3.65. The van der Waals surface area contributed by atoms with Crippen molar-refractivity contribution >= 4 is 49.2 Å². The van der Waals surface area contributed by atoms with Crippen molar-refractivity contribution in [2.45, 2.75) is 13.5 Å². The minimum absolute atomic E-state index is 0.164. The molecule has 5 aromatic rings. The van der Waals surface area contributed by atoms with E-state index < -0.39 is 23.2 Å². The average molecular weight is 436 g/mol. The number of carbonyl (C=O) groups excluding carboxylic acids is 1. The van der Waals surface area contributed by atoms with Crippen molar-refractivity contribution in [2.75, 3.05) is 0 Å². The standard InChI is InChI=1S/C23H14F2N2O3S/c1-2-27-20-17(25)9-13(24)10-19(20)31-23(27)26-21(28)16-11-15-14-6-4-3-5-12(14)7-8-18(15)30-22(16)29/h3-11H,2H2,1H3. The summed E-state index contributed by atoms with van der Waals surface area (Å²) in [6.45, 7) is 2.07. The minimum Gasteiger partial charge on any atom is -0.422 e. The summed E-state index contributed by atoms with van der Waals surface area (Å²) in [5, 5.41) is 2.38. The largest absolute Gasteiger partial charge is 0.422 e. The van der Waals surface area contributed by atoms with Crippen LogP contribution in [0.3, 0.4) is 0 Å². The second-order valence-electron chi connectivity index (χ2n) is 6.93. The van der Waals surface area contributed by atoms with Crippen LogP contribution in [0.4, 0.5) is 8.78 Å². The summed E-state index contributed by atoms with van der Waals surface area (Å²) >= 11 is 0.975. The third kappa shape index (κ3) is 3.16. The predicted molar refractivity (Wildman–Crippen MR) is 115 cm³/mol. The maximum Gasteiger partial charge on any atom is 0.349 e. The van der Waals surface area contributed by atoms with Gasteiger partial charge in [-0.2, -0.15) is 4.99 Å². The molecule has 0 N–H and O–H groups in total. The van der Waals surface area contributed by atoms with Crippen LogP contribution in [0.15, 0.2) is 68.8 Å². The maximum absolute atomic E-state index is 14.3. The van der Waals surface area contributed by atoms with Crippen LogP contribution in [0.2, 0.25) is 0 Å². The number of fused-ring (bicyclic) bond motifs is 4. The van der Waals surface area contributed by atoms with E-state index >= 15 is 0 Å². The highest BCUT2D eigenvalue weighted by molar-refractivity contribution is 7.16. The van der Waals surface area contributed by atoms with Gasteiger partial charge in [0.2, 0.25) is 0 Å². The lowest BCUT2D eigenvalue weighted by molar-refractivity contribution is 0.0994. The van der Waals surface area contributed by atoms with Crippen molar-refractivity contribution < 1.29 is 18.0 Å². The van der Waals surface area contributed by atoms with Crippen LogP contribution < -0.4 is 10.4 Å². The fourth-order valence-corrected chi connectivity index (χ4v) is 4.81. The number of hydrogen-bond donors (Lipinski definition) is 0. The van der Waals surface area contributed by atoms with Crippen LogP contribution in [0.1, 0.15) is 17.3 Å². The Balaban J connectivity index is 1.73. The van der Waals surface area contributed by atoms with E-state index in [2.05, 4.69) is 4.99 Å². The van der Waals surface area contributed by atoms with Gasteiger partial charge in [0.05, 0.1) is 10.2 Å². The molecule has 0 atom stereocenters. The molecule has 0 unspecified atom stereocenters. The molecule has 0 bridgehead atoms. The Morgan fingerprint density at radius 1 is 1.10 bits per heavy atom. The van der Waals surface area contributed by atoms with Gasteiger partial charge in [0, 0.05) is 18.0 Å². The molecule has 0 aliphatic heterocycles. The molecule has 5 nitrogen and oxygen atoms in total. The molecule has 31 heavy (non-hydrogen) atoms. The molecule has 0 saturated carbocycles. The van der Waals surface area contributed by atoms with Crippen LogP contribution in [0, 0.1) is 11.6 Å². The van der Waals surface area contributed by atoms with Gasteiger partial charge >= 0.3 is 5.63 Å². The summed E-state index contributed by atoms with van der Waals surface area (Å²) in [5.41, 5.74) is -0.506. The first kappa shape index (κ1) is 19.3. The highest BCUT2D eigenvalue weighted by atomic mass is 32.1. The molecule has 5 rings (SSSR count). The number of aromatic nitrogens is 1. The Morgan fingerprint density at radius 3 is 2.71 bits per heavy atom. The number of amides is 1. The summed E-state index contributed by atoms with van der Waals surface area (Å²) < 4.78 is 35.1. The van der Waals surface area contributed by atoms with E-state index in [4.69, 9.17) is 4.42 Å². The zero-order valence-corrected chi connectivity index (χ0v) is 17.0.